The van der Waals surface area contributed by atoms with E-state index < -0.39 is 17.2 Å². The van der Waals surface area contributed by atoms with Gasteiger partial charge in [-0.15, -0.1) is 0 Å². The Hall–Kier alpha value is -1.98. The van der Waals surface area contributed by atoms with Gasteiger partial charge in [-0.1, -0.05) is 19.8 Å². The average molecular weight is 336 g/mol. The molecule has 0 spiro atoms. The molecule has 0 aliphatic heterocycles. The van der Waals surface area contributed by atoms with Crippen LogP contribution in [-0.2, 0) is 16.1 Å². The largest absolute Gasteiger partial charge is 0.467 e. The van der Waals surface area contributed by atoms with Crippen molar-refractivity contribution in [3.05, 3.63) is 24.2 Å². The van der Waals surface area contributed by atoms with Crippen LogP contribution in [0.15, 0.2) is 22.8 Å². The highest BCUT2D eigenvalue weighted by atomic mass is 16.6. The molecule has 1 aliphatic rings. The number of amides is 2. The van der Waals surface area contributed by atoms with Crippen LogP contribution in [-0.4, -0.2) is 23.1 Å². The van der Waals surface area contributed by atoms with Crippen molar-refractivity contribution < 1.29 is 18.7 Å². The quantitative estimate of drug-likeness (QED) is 0.883. The van der Waals surface area contributed by atoms with Gasteiger partial charge >= 0.3 is 6.09 Å². The maximum Gasteiger partial charge on any atom is 0.408 e. The van der Waals surface area contributed by atoms with Crippen LogP contribution in [0, 0.1) is 5.92 Å². The lowest BCUT2D eigenvalue weighted by molar-refractivity contribution is -0.131. The van der Waals surface area contributed by atoms with E-state index in [4.69, 9.17) is 9.15 Å². The Balaban J connectivity index is 2.10. The third kappa shape index (κ3) is 4.52. The number of alkyl carbamates (subject to hydrolysis) is 1. The van der Waals surface area contributed by atoms with Gasteiger partial charge in [0.25, 0.3) is 0 Å². The minimum Gasteiger partial charge on any atom is -0.467 e. The van der Waals surface area contributed by atoms with Crippen molar-refractivity contribution in [3.63, 3.8) is 0 Å². The van der Waals surface area contributed by atoms with E-state index in [1.807, 2.05) is 6.92 Å². The minimum atomic E-state index is -0.937. The normalized spacial score (nSPS) is 24.2. The number of carbonyl (C=O) groups is 2. The molecule has 24 heavy (non-hydrogen) atoms. The molecule has 1 heterocycles. The summed E-state index contributed by atoms with van der Waals surface area (Å²) in [6.07, 6.45) is 4.48. The summed E-state index contributed by atoms with van der Waals surface area (Å²) in [5, 5.41) is 5.76. The van der Waals surface area contributed by atoms with Gasteiger partial charge in [-0.05, 0) is 51.7 Å². The first-order chi connectivity index (χ1) is 11.2. The molecule has 0 radical (unpaired) electrons. The van der Waals surface area contributed by atoms with Crippen LogP contribution in [0.2, 0.25) is 0 Å². The van der Waals surface area contributed by atoms with Gasteiger partial charge in [-0.3, -0.25) is 4.79 Å². The fourth-order valence-electron chi connectivity index (χ4n) is 3.15. The minimum absolute atomic E-state index is 0.0374. The van der Waals surface area contributed by atoms with E-state index in [2.05, 4.69) is 10.6 Å². The lowest BCUT2D eigenvalue weighted by Crippen LogP contribution is -2.63. The van der Waals surface area contributed by atoms with Gasteiger partial charge in [0.2, 0.25) is 5.91 Å². The molecular weight excluding hydrogens is 308 g/mol. The summed E-state index contributed by atoms with van der Waals surface area (Å²) in [5.74, 6) is 0.534. The van der Waals surface area contributed by atoms with E-state index in [0.717, 1.165) is 19.3 Å². The zero-order valence-corrected chi connectivity index (χ0v) is 15.0. The van der Waals surface area contributed by atoms with Crippen LogP contribution < -0.4 is 10.6 Å². The summed E-state index contributed by atoms with van der Waals surface area (Å²) in [6, 6.07) is 3.58. The first-order valence-corrected chi connectivity index (χ1v) is 8.55. The fraction of sp³-hybridized carbons (Fsp3) is 0.667. The molecule has 6 nitrogen and oxygen atoms in total. The molecular formula is C18H28N2O4. The molecule has 0 bridgehead atoms. The van der Waals surface area contributed by atoms with Crippen molar-refractivity contribution in [1.29, 1.82) is 0 Å². The maximum atomic E-state index is 12.9. The smallest absolute Gasteiger partial charge is 0.408 e. The second kappa shape index (κ2) is 7.28. The fourth-order valence-corrected chi connectivity index (χ4v) is 3.15. The Morgan fingerprint density at radius 2 is 2.12 bits per heavy atom. The van der Waals surface area contributed by atoms with Crippen LogP contribution in [0.1, 0.15) is 59.1 Å². The zero-order chi connectivity index (χ0) is 17.8. The second-order valence-corrected chi connectivity index (χ2v) is 7.51. The van der Waals surface area contributed by atoms with E-state index in [9.17, 15) is 9.59 Å². The lowest BCUT2D eigenvalue weighted by atomic mass is 9.73. The zero-order valence-electron chi connectivity index (χ0n) is 15.0. The Bertz CT molecular complexity index is 562. The van der Waals surface area contributed by atoms with Crippen LogP contribution >= 0.6 is 0 Å². The van der Waals surface area contributed by atoms with Crippen molar-refractivity contribution in [2.75, 3.05) is 0 Å². The predicted molar refractivity (Wildman–Crippen MR) is 90.3 cm³/mol. The highest BCUT2D eigenvalue weighted by molar-refractivity contribution is 5.90. The molecule has 0 unspecified atom stereocenters. The highest BCUT2D eigenvalue weighted by Crippen LogP contribution is 2.34. The van der Waals surface area contributed by atoms with E-state index in [-0.39, 0.29) is 11.8 Å². The number of hydrogen-bond acceptors (Lipinski definition) is 4. The topological polar surface area (TPSA) is 80.6 Å². The summed E-state index contributed by atoms with van der Waals surface area (Å²) < 4.78 is 10.6. The van der Waals surface area contributed by atoms with Gasteiger partial charge in [0.15, 0.2) is 0 Å². The SMILES string of the molecule is C[C@H]1CCCC[C@@]1(NC(=O)OC(C)(C)C)C(=O)NCc1ccco1. The summed E-state index contributed by atoms with van der Waals surface area (Å²) >= 11 is 0. The molecule has 2 atom stereocenters. The number of hydrogen-bond donors (Lipinski definition) is 2. The van der Waals surface area contributed by atoms with Crippen molar-refractivity contribution in [3.8, 4) is 0 Å². The Kier molecular flexibility index (Phi) is 5.57. The molecule has 1 aromatic heterocycles. The molecule has 2 amide bonds. The Morgan fingerprint density at radius 1 is 1.38 bits per heavy atom. The number of ether oxygens (including phenoxy) is 1. The van der Waals surface area contributed by atoms with Crippen molar-refractivity contribution in [2.24, 2.45) is 5.92 Å². The van der Waals surface area contributed by atoms with E-state index >= 15 is 0 Å². The molecule has 0 aromatic carbocycles. The standard InChI is InChI=1S/C18H28N2O4/c1-13-8-5-6-10-18(13,20-16(22)24-17(2,3)4)15(21)19-12-14-9-7-11-23-14/h7,9,11,13H,5-6,8,10,12H2,1-4H3,(H,19,21)(H,20,22)/t13-,18-/m0/s1. The average Bonchev–Trinajstić information content (AvgIpc) is 2.98. The molecule has 1 aliphatic carbocycles. The van der Waals surface area contributed by atoms with Crippen molar-refractivity contribution in [1.82, 2.24) is 10.6 Å². The lowest BCUT2D eigenvalue weighted by Gasteiger charge is -2.41. The molecule has 2 rings (SSSR count). The molecule has 0 saturated heterocycles. The van der Waals surface area contributed by atoms with Gasteiger partial charge in [0, 0.05) is 0 Å². The summed E-state index contributed by atoms with van der Waals surface area (Å²) in [5.41, 5.74) is -1.54. The van der Waals surface area contributed by atoms with Gasteiger partial charge in [-0.2, -0.15) is 0 Å². The Labute approximate surface area is 143 Å². The van der Waals surface area contributed by atoms with Crippen LogP contribution in [0.4, 0.5) is 4.79 Å². The highest BCUT2D eigenvalue weighted by Gasteiger charge is 2.46. The van der Waals surface area contributed by atoms with Crippen LogP contribution in [0.25, 0.3) is 0 Å². The van der Waals surface area contributed by atoms with Crippen LogP contribution in [0.3, 0.4) is 0 Å². The van der Waals surface area contributed by atoms with E-state index in [1.54, 1.807) is 39.2 Å². The number of furan rings is 1. The van der Waals surface area contributed by atoms with E-state index in [1.165, 1.54) is 0 Å². The Morgan fingerprint density at radius 3 is 2.71 bits per heavy atom. The molecule has 134 valence electrons. The molecule has 6 heteroatoms. The first kappa shape index (κ1) is 18.4. The number of carbonyl (C=O) groups excluding carboxylic acids is 2. The van der Waals surface area contributed by atoms with E-state index in [0.29, 0.717) is 18.7 Å². The predicted octanol–water partition coefficient (Wildman–Crippen LogP) is 3.37. The molecule has 2 N–H and O–H groups in total. The van der Waals surface area contributed by atoms with Crippen LogP contribution in [0.5, 0.6) is 0 Å². The third-order valence-electron chi connectivity index (χ3n) is 4.43. The maximum absolute atomic E-state index is 12.9. The molecule has 1 saturated carbocycles. The van der Waals surface area contributed by atoms with Gasteiger partial charge < -0.3 is 19.8 Å². The first-order valence-electron chi connectivity index (χ1n) is 8.55. The van der Waals surface area contributed by atoms with Crippen molar-refractivity contribution >= 4 is 12.0 Å². The van der Waals surface area contributed by atoms with Gasteiger partial charge in [-0.25, -0.2) is 4.79 Å². The summed E-state index contributed by atoms with van der Waals surface area (Å²) in [4.78, 5) is 25.2. The number of nitrogens with one attached hydrogen (secondary N) is 2. The third-order valence-corrected chi connectivity index (χ3v) is 4.43. The second-order valence-electron chi connectivity index (χ2n) is 7.51. The monoisotopic (exact) mass is 336 g/mol. The van der Waals surface area contributed by atoms with Gasteiger partial charge in [0.05, 0.1) is 12.8 Å². The molecule has 1 fully saturated rings. The molecule has 1 aromatic rings. The summed E-state index contributed by atoms with van der Waals surface area (Å²) in [7, 11) is 0. The van der Waals surface area contributed by atoms with Crippen molar-refractivity contribution in [2.45, 2.75) is 71.1 Å². The van der Waals surface area contributed by atoms with Gasteiger partial charge in [0.1, 0.15) is 16.9 Å². The summed E-state index contributed by atoms with van der Waals surface area (Å²) in [6.45, 7) is 7.72. The number of rotatable bonds is 4.